The molecule has 1 unspecified atom stereocenters. The summed E-state index contributed by atoms with van der Waals surface area (Å²) < 4.78 is 5.34. The number of amides is 1. The first-order valence-corrected chi connectivity index (χ1v) is 7.98. The largest absolute Gasteiger partial charge is 0.486 e. The Balaban J connectivity index is 0.00000288. The number of rotatable bonds is 7. The molecule has 0 spiro atoms. The van der Waals surface area contributed by atoms with Crippen LogP contribution in [0.3, 0.4) is 0 Å². The van der Waals surface area contributed by atoms with Crippen LogP contribution in [0.5, 0.6) is 5.75 Å². The summed E-state index contributed by atoms with van der Waals surface area (Å²) in [5.41, 5.74) is -0.203. The summed E-state index contributed by atoms with van der Waals surface area (Å²) in [5, 5.41) is 17.4. The summed E-state index contributed by atoms with van der Waals surface area (Å²) in [6.07, 6.45) is 2.39. The highest BCUT2D eigenvalue weighted by molar-refractivity contribution is 6.30. The molecule has 7 nitrogen and oxygen atoms in total. The molecule has 2 rings (SSSR count). The molecular weight excluding hydrogens is 357 g/mol. The minimum atomic E-state index is -0.558. The minimum Gasteiger partial charge on any atom is -0.486 e. The molecular formula is C15H21Cl2N3O4. The van der Waals surface area contributed by atoms with Crippen molar-refractivity contribution in [3.05, 3.63) is 33.3 Å². The lowest BCUT2D eigenvalue weighted by atomic mass is 10.00. The highest BCUT2D eigenvalue weighted by atomic mass is 35.5. The van der Waals surface area contributed by atoms with Gasteiger partial charge in [0.05, 0.1) is 18.0 Å². The number of ether oxygens (including phenoxy) is 1. The van der Waals surface area contributed by atoms with Crippen LogP contribution in [0.25, 0.3) is 0 Å². The summed E-state index contributed by atoms with van der Waals surface area (Å²) >= 11 is 5.73. The van der Waals surface area contributed by atoms with Gasteiger partial charge in [0.1, 0.15) is 0 Å². The number of hydrogen-bond donors (Lipinski definition) is 2. The Kier molecular flexibility index (Phi) is 8.81. The molecule has 0 radical (unpaired) electrons. The molecule has 1 aromatic carbocycles. The molecule has 1 heterocycles. The summed E-state index contributed by atoms with van der Waals surface area (Å²) in [6, 6.07) is 4.18. The molecule has 24 heavy (non-hydrogen) atoms. The van der Waals surface area contributed by atoms with Gasteiger partial charge in [0.25, 0.3) is 0 Å². The van der Waals surface area contributed by atoms with Crippen molar-refractivity contribution in [2.45, 2.75) is 19.3 Å². The van der Waals surface area contributed by atoms with Gasteiger partial charge in [-0.2, -0.15) is 0 Å². The van der Waals surface area contributed by atoms with Crippen molar-refractivity contribution in [3.8, 4) is 5.75 Å². The van der Waals surface area contributed by atoms with Crippen LogP contribution in [-0.4, -0.2) is 37.1 Å². The molecule has 1 aliphatic heterocycles. The van der Waals surface area contributed by atoms with Crippen molar-refractivity contribution in [2.24, 2.45) is 5.92 Å². The molecule has 1 aromatic rings. The standard InChI is InChI=1S/C15H20ClN3O4.ClH/c16-12-3-4-14(13(8-12)19(21)22)23-7-5-15(20)18-10-11-2-1-6-17-9-11;/h3-4,8,11,17H,1-2,5-7,9-10H2,(H,18,20);1H. The number of nitrogens with one attached hydrogen (secondary N) is 2. The van der Waals surface area contributed by atoms with E-state index in [1.54, 1.807) is 0 Å². The number of benzene rings is 1. The number of nitrogens with zero attached hydrogens (tertiary/aromatic N) is 1. The van der Waals surface area contributed by atoms with Crippen molar-refractivity contribution >= 4 is 35.6 Å². The second-order valence-corrected chi connectivity index (χ2v) is 5.92. The fourth-order valence-electron chi connectivity index (χ4n) is 2.45. The third-order valence-corrected chi connectivity index (χ3v) is 3.93. The zero-order chi connectivity index (χ0) is 16.7. The third-order valence-electron chi connectivity index (χ3n) is 3.69. The first-order chi connectivity index (χ1) is 11.1. The van der Waals surface area contributed by atoms with Gasteiger partial charge in [0.15, 0.2) is 5.75 Å². The lowest BCUT2D eigenvalue weighted by Gasteiger charge is -2.22. The fraction of sp³-hybridized carbons (Fsp3) is 0.533. The molecule has 0 saturated carbocycles. The van der Waals surface area contributed by atoms with Gasteiger partial charge >= 0.3 is 5.69 Å². The average molecular weight is 378 g/mol. The second-order valence-electron chi connectivity index (χ2n) is 5.48. The second kappa shape index (κ2) is 10.3. The Morgan fingerprint density at radius 1 is 1.50 bits per heavy atom. The summed E-state index contributed by atoms with van der Waals surface area (Å²) in [7, 11) is 0. The van der Waals surface area contributed by atoms with Gasteiger partial charge < -0.3 is 15.4 Å². The zero-order valence-corrected chi connectivity index (χ0v) is 14.7. The van der Waals surface area contributed by atoms with Crippen molar-refractivity contribution in [2.75, 3.05) is 26.2 Å². The number of nitro benzene ring substituents is 1. The lowest BCUT2D eigenvalue weighted by Crippen LogP contribution is -2.38. The van der Waals surface area contributed by atoms with Gasteiger partial charge in [-0.25, -0.2) is 0 Å². The van der Waals surface area contributed by atoms with Crippen molar-refractivity contribution in [3.63, 3.8) is 0 Å². The predicted molar refractivity (Wildman–Crippen MR) is 94.1 cm³/mol. The maximum absolute atomic E-state index is 11.8. The molecule has 1 fully saturated rings. The van der Waals surface area contributed by atoms with Crippen molar-refractivity contribution < 1.29 is 14.5 Å². The molecule has 0 aliphatic carbocycles. The Morgan fingerprint density at radius 3 is 2.96 bits per heavy atom. The van der Waals surface area contributed by atoms with E-state index in [9.17, 15) is 14.9 Å². The first-order valence-electron chi connectivity index (χ1n) is 7.60. The van der Waals surface area contributed by atoms with Crippen LogP contribution in [0.1, 0.15) is 19.3 Å². The Hall–Kier alpha value is -1.57. The van der Waals surface area contributed by atoms with Gasteiger partial charge in [-0.15, -0.1) is 12.4 Å². The minimum absolute atomic E-state index is 0. The summed E-state index contributed by atoms with van der Waals surface area (Å²) in [4.78, 5) is 22.2. The van der Waals surface area contributed by atoms with E-state index in [0.717, 1.165) is 25.9 Å². The number of hydrogen-bond acceptors (Lipinski definition) is 5. The lowest BCUT2D eigenvalue weighted by molar-refractivity contribution is -0.385. The number of carbonyl (C=O) groups excluding carboxylic acids is 1. The Labute approximate surface area is 151 Å². The molecule has 134 valence electrons. The van der Waals surface area contributed by atoms with Gasteiger partial charge in [-0.05, 0) is 44.0 Å². The Morgan fingerprint density at radius 2 is 2.29 bits per heavy atom. The van der Waals surface area contributed by atoms with Crippen LogP contribution in [0.4, 0.5) is 5.69 Å². The van der Waals surface area contributed by atoms with Crippen LogP contribution in [0.15, 0.2) is 18.2 Å². The molecule has 0 aromatic heterocycles. The SMILES string of the molecule is Cl.O=C(CCOc1ccc(Cl)cc1[N+](=O)[O-])NCC1CCCNC1. The molecule has 1 aliphatic rings. The maximum Gasteiger partial charge on any atom is 0.312 e. The topological polar surface area (TPSA) is 93.5 Å². The van der Waals surface area contributed by atoms with E-state index in [4.69, 9.17) is 16.3 Å². The fourth-order valence-corrected chi connectivity index (χ4v) is 2.62. The van der Waals surface area contributed by atoms with Crippen LogP contribution in [-0.2, 0) is 4.79 Å². The number of nitro groups is 1. The van der Waals surface area contributed by atoms with Gasteiger partial charge in [-0.1, -0.05) is 11.6 Å². The highest BCUT2D eigenvalue weighted by Gasteiger charge is 2.17. The van der Waals surface area contributed by atoms with E-state index >= 15 is 0 Å². The average Bonchev–Trinajstić information content (AvgIpc) is 2.55. The van der Waals surface area contributed by atoms with E-state index in [1.807, 2.05) is 0 Å². The van der Waals surface area contributed by atoms with Gasteiger partial charge in [0.2, 0.25) is 5.91 Å². The van der Waals surface area contributed by atoms with Gasteiger partial charge in [0, 0.05) is 17.6 Å². The summed E-state index contributed by atoms with van der Waals surface area (Å²) in [5.74, 6) is 0.460. The van der Waals surface area contributed by atoms with E-state index < -0.39 is 4.92 Å². The molecule has 2 N–H and O–H groups in total. The van der Waals surface area contributed by atoms with E-state index in [2.05, 4.69) is 10.6 Å². The van der Waals surface area contributed by atoms with Crippen LogP contribution >= 0.6 is 24.0 Å². The van der Waals surface area contributed by atoms with E-state index in [1.165, 1.54) is 18.2 Å². The predicted octanol–water partition coefficient (Wildman–Crippen LogP) is 2.55. The zero-order valence-electron chi connectivity index (χ0n) is 13.1. The van der Waals surface area contributed by atoms with Crippen LogP contribution in [0, 0.1) is 16.0 Å². The van der Waals surface area contributed by atoms with E-state index in [0.29, 0.717) is 12.5 Å². The molecule has 9 heteroatoms. The van der Waals surface area contributed by atoms with E-state index in [-0.39, 0.29) is 47.8 Å². The number of piperidine rings is 1. The normalized spacial score (nSPS) is 16.8. The quantitative estimate of drug-likeness (QED) is 0.562. The molecule has 1 amide bonds. The first kappa shape index (κ1) is 20.5. The number of halogens is 2. The molecule has 1 atom stereocenters. The maximum atomic E-state index is 11.8. The van der Waals surface area contributed by atoms with Gasteiger partial charge in [-0.3, -0.25) is 14.9 Å². The highest BCUT2D eigenvalue weighted by Crippen LogP contribution is 2.29. The van der Waals surface area contributed by atoms with Crippen molar-refractivity contribution in [1.82, 2.24) is 10.6 Å². The van der Waals surface area contributed by atoms with Crippen molar-refractivity contribution in [1.29, 1.82) is 0 Å². The molecule has 0 bridgehead atoms. The van der Waals surface area contributed by atoms with Crippen LogP contribution in [0.2, 0.25) is 5.02 Å². The Bertz CT molecular complexity index is 566. The monoisotopic (exact) mass is 377 g/mol. The smallest absolute Gasteiger partial charge is 0.312 e. The summed E-state index contributed by atoms with van der Waals surface area (Å²) in [6.45, 7) is 2.69. The van der Waals surface area contributed by atoms with Crippen LogP contribution < -0.4 is 15.4 Å². The molecule has 1 saturated heterocycles. The third kappa shape index (κ3) is 6.51. The number of carbonyl (C=O) groups is 1.